The monoisotopic (exact) mass is 451 g/mol. The number of nitrogens with zero attached hydrogens (tertiary/aromatic N) is 3. The third-order valence-corrected chi connectivity index (χ3v) is 6.35. The van der Waals surface area contributed by atoms with E-state index >= 15 is 0 Å². The number of hydrogen-bond donors (Lipinski definition) is 0. The number of aromatic nitrogens is 3. The lowest BCUT2D eigenvalue weighted by atomic mass is 10.1. The molecule has 1 unspecified atom stereocenters. The van der Waals surface area contributed by atoms with E-state index in [4.69, 9.17) is 0 Å². The maximum Gasteiger partial charge on any atom is 0.149 e. The summed E-state index contributed by atoms with van der Waals surface area (Å²) in [5, 5.41) is 1.62. The molecule has 0 aliphatic rings. The van der Waals surface area contributed by atoms with Crippen LogP contribution in [0.15, 0.2) is 76.6 Å². The van der Waals surface area contributed by atoms with Crippen molar-refractivity contribution in [1.29, 1.82) is 0 Å². The van der Waals surface area contributed by atoms with E-state index in [-0.39, 0.29) is 11.0 Å². The van der Waals surface area contributed by atoms with E-state index in [9.17, 15) is 4.79 Å². The smallest absolute Gasteiger partial charge is 0.149 e. The molecule has 2 aromatic heterocycles. The highest BCUT2D eigenvalue weighted by Gasteiger charge is 2.20. The first-order valence-corrected chi connectivity index (χ1v) is 10.6. The lowest BCUT2D eigenvalue weighted by Crippen LogP contribution is -2.08. The standard InChI is InChI=1S/C22H18BrN3OS/c1-14(27)15(2)28-22-20-19(16-6-4-3-5-7-16)12-26(21(20)24-13-25-22)18-10-8-17(23)9-11-18/h3-13,15H,1-2H3. The van der Waals surface area contributed by atoms with Crippen molar-refractivity contribution < 1.29 is 4.79 Å². The molecule has 140 valence electrons. The van der Waals surface area contributed by atoms with Crippen LogP contribution in [0.25, 0.3) is 27.8 Å². The highest BCUT2D eigenvalue weighted by molar-refractivity contribution is 9.10. The van der Waals surface area contributed by atoms with Gasteiger partial charge in [0.05, 0.1) is 10.6 Å². The summed E-state index contributed by atoms with van der Waals surface area (Å²) in [5.74, 6) is 0.130. The van der Waals surface area contributed by atoms with Crippen LogP contribution in [0.2, 0.25) is 0 Å². The van der Waals surface area contributed by atoms with Crippen molar-refractivity contribution in [3.05, 3.63) is 71.6 Å². The van der Waals surface area contributed by atoms with Crippen LogP contribution in [0.4, 0.5) is 0 Å². The Morgan fingerprint density at radius 1 is 1.07 bits per heavy atom. The van der Waals surface area contributed by atoms with E-state index in [0.29, 0.717) is 0 Å². The number of benzene rings is 2. The molecule has 6 heteroatoms. The molecule has 0 aliphatic heterocycles. The van der Waals surface area contributed by atoms with Crippen molar-refractivity contribution in [2.24, 2.45) is 0 Å². The molecular weight excluding hydrogens is 434 g/mol. The van der Waals surface area contributed by atoms with Gasteiger partial charge in [-0.3, -0.25) is 4.79 Å². The van der Waals surface area contributed by atoms with Gasteiger partial charge in [0.15, 0.2) is 0 Å². The Kier molecular flexibility index (Phi) is 5.33. The van der Waals surface area contributed by atoms with Gasteiger partial charge in [-0.15, -0.1) is 0 Å². The summed E-state index contributed by atoms with van der Waals surface area (Å²) in [6.45, 7) is 3.52. The number of halogens is 1. The lowest BCUT2D eigenvalue weighted by molar-refractivity contribution is -0.116. The first kappa shape index (κ1) is 18.9. The number of fused-ring (bicyclic) bond motifs is 1. The van der Waals surface area contributed by atoms with Crippen LogP contribution >= 0.6 is 27.7 Å². The summed E-state index contributed by atoms with van der Waals surface area (Å²) in [6.07, 6.45) is 3.67. The van der Waals surface area contributed by atoms with Gasteiger partial charge in [-0.2, -0.15) is 0 Å². The summed E-state index contributed by atoms with van der Waals surface area (Å²) >= 11 is 4.97. The summed E-state index contributed by atoms with van der Waals surface area (Å²) in [4.78, 5) is 20.9. The Balaban J connectivity index is 1.97. The van der Waals surface area contributed by atoms with Crippen LogP contribution in [0, 0.1) is 0 Å². The number of thioether (sulfide) groups is 1. The Labute approximate surface area is 176 Å². The molecule has 0 radical (unpaired) electrons. The van der Waals surface area contributed by atoms with Gasteiger partial charge in [0.1, 0.15) is 22.8 Å². The van der Waals surface area contributed by atoms with Gasteiger partial charge in [0, 0.05) is 21.9 Å². The van der Waals surface area contributed by atoms with Crippen molar-refractivity contribution in [3.8, 4) is 16.8 Å². The Morgan fingerprint density at radius 3 is 2.46 bits per heavy atom. The molecule has 28 heavy (non-hydrogen) atoms. The summed E-state index contributed by atoms with van der Waals surface area (Å²) in [7, 11) is 0. The molecule has 0 aliphatic carbocycles. The Morgan fingerprint density at radius 2 is 1.79 bits per heavy atom. The molecule has 0 amide bonds. The summed E-state index contributed by atoms with van der Waals surface area (Å²) in [5.41, 5.74) is 3.99. The number of carbonyl (C=O) groups excluding carboxylic acids is 1. The highest BCUT2D eigenvalue weighted by Crippen LogP contribution is 2.38. The van der Waals surface area contributed by atoms with E-state index in [1.807, 2.05) is 49.4 Å². The normalized spacial score (nSPS) is 12.2. The minimum atomic E-state index is -0.169. The third kappa shape index (κ3) is 3.62. The summed E-state index contributed by atoms with van der Waals surface area (Å²) < 4.78 is 3.10. The van der Waals surface area contributed by atoms with Crippen molar-refractivity contribution in [2.45, 2.75) is 24.1 Å². The van der Waals surface area contributed by atoms with Crippen molar-refractivity contribution in [1.82, 2.24) is 14.5 Å². The lowest BCUT2D eigenvalue weighted by Gasteiger charge is -2.09. The molecule has 0 spiro atoms. The maximum atomic E-state index is 11.8. The molecular formula is C22H18BrN3OS. The van der Waals surface area contributed by atoms with E-state index < -0.39 is 0 Å². The maximum absolute atomic E-state index is 11.8. The number of rotatable bonds is 5. The minimum Gasteiger partial charge on any atom is -0.301 e. The fourth-order valence-corrected chi connectivity index (χ4v) is 4.20. The molecule has 4 rings (SSSR count). The molecule has 4 nitrogen and oxygen atoms in total. The zero-order valence-corrected chi connectivity index (χ0v) is 17.9. The molecule has 0 saturated carbocycles. The van der Waals surface area contributed by atoms with Gasteiger partial charge in [-0.25, -0.2) is 9.97 Å². The largest absolute Gasteiger partial charge is 0.301 e. The molecule has 1 atom stereocenters. The SMILES string of the molecule is CC(=O)C(C)Sc1ncnc2c1c(-c1ccccc1)cn2-c1ccc(Br)cc1. The molecule has 0 bridgehead atoms. The van der Waals surface area contributed by atoms with Crippen molar-refractivity contribution in [2.75, 3.05) is 0 Å². The highest BCUT2D eigenvalue weighted by atomic mass is 79.9. The van der Waals surface area contributed by atoms with Crippen LogP contribution in [0.1, 0.15) is 13.8 Å². The van der Waals surface area contributed by atoms with Gasteiger partial charge < -0.3 is 4.57 Å². The topological polar surface area (TPSA) is 47.8 Å². The Hall–Kier alpha value is -2.44. The average molecular weight is 452 g/mol. The molecule has 0 fully saturated rings. The molecule has 4 aromatic rings. The zero-order valence-electron chi connectivity index (χ0n) is 15.5. The first-order chi connectivity index (χ1) is 13.5. The van der Waals surface area contributed by atoms with Gasteiger partial charge in [-0.05, 0) is 43.7 Å². The van der Waals surface area contributed by atoms with Gasteiger partial charge in [0.25, 0.3) is 0 Å². The van der Waals surface area contributed by atoms with Crippen LogP contribution in [0.3, 0.4) is 0 Å². The number of hydrogen-bond acceptors (Lipinski definition) is 4. The van der Waals surface area contributed by atoms with Crippen molar-refractivity contribution >= 4 is 44.5 Å². The van der Waals surface area contributed by atoms with Crippen molar-refractivity contribution in [3.63, 3.8) is 0 Å². The third-order valence-electron chi connectivity index (χ3n) is 4.60. The van der Waals surface area contributed by atoms with Crippen LogP contribution < -0.4 is 0 Å². The molecule has 2 heterocycles. The molecule has 2 aromatic carbocycles. The van der Waals surface area contributed by atoms with Crippen LogP contribution in [0.5, 0.6) is 0 Å². The first-order valence-electron chi connectivity index (χ1n) is 8.89. The molecule has 0 N–H and O–H groups in total. The quantitative estimate of drug-likeness (QED) is 0.279. The predicted octanol–water partition coefficient (Wildman–Crippen LogP) is 5.92. The molecule has 0 saturated heterocycles. The minimum absolute atomic E-state index is 0.130. The second-order valence-corrected chi connectivity index (χ2v) is 8.75. The predicted molar refractivity (Wildman–Crippen MR) is 118 cm³/mol. The van der Waals surface area contributed by atoms with Gasteiger partial charge in [-0.1, -0.05) is 58.0 Å². The van der Waals surface area contributed by atoms with Crippen LogP contribution in [-0.4, -0.2) is 25.6 Å². The summed E-state index contributed by atoms with van der Waals surface area (Å²) in [6, 6.07) is 18.3. The van der Waals surface area contributed by atoms with Gasteiger partial charge in [0.2, 0.25) is 0 Å². The number of Topliss-reactive ketones (excluding diaryl/α,β-unsaturated/α-hetero) is 1. The number of carbonyl (C=O) groups is 1. The van der Waals surface area contributed by atoms with Crippen LogP contribution in [-0.2, 0) is 4.79 Å². The van der Waals surface area contributed by atoms with E-state index in [0.717, 1.165) is 37.3 Å². The van der Waals surface area contributed by atoms with E-state index in [2.05, 4.69) is 48.8 Å². The van der Waals surface area contributed by atoms with E-state index in [1.165, 1.54) is 11.8 Å². The fraction of sp³-hybridized carbons (Fsp3) is 0.136. The second-order valence-electron chi connectivity index (χ2n) is 6.50. The second kappa shape index (κ2) is 7.89. The zero-order chi connectivity index (χ0) is 19.7. The average Bonchev–Trinajstić information content (AvgIpc) is 3.10. The Bertz CT molecular complexity index is 1140. The van der Waals surface area contributed by atoms with Gasteiger partial charge >= 0.3 is 0 Å². The van der Waals surface area contributed by atoms with E-state index in [1.54, 1.807) is 13.3 Å². The number of ketones is 1. The fourth-order valence-electron chi connectivity index (χ4n) is 3.01.